The van der Waals surface area contributed by atoms with E-state index in [2.05, 4.69) is 324 Å². The first-order chi connectivity index (χ1) is 58.3. The summed E-state index contributed by atoms with van der Waals surface area (Å²) in [6.07, 6.45) is 7.45. The summed E-state index contributed by atoms with van der Waals surface area (Å²) in [5.41, 5.74) is 26.1. The molecule has 7 nitrogen and oxygen atoms in total. The second kappa shape index (κ2) is 26.2. The Morgan fingerprint density at radius 1 is 0.220 bits per heavy atom. The van der Waals surface area contributed by atoms with Gasteiger partial charge in [-0.3, -0.25) is 15.0 Å². The molecule has 5 aromatic heterocycles. The van der Waals surface area contributed by atoms with Crippen molar-refractivity contribution in [3.63, 3.8) is 0 Å². The van der Waals surface area contributed by atoms with Gasteiger partial charge < -0.3 is 9.13 Å². The third kappa shape index (κ3) is 10.6. The normalized spacial score (nSPS) is 11.9. The highest BCUT2D eigenvalue weighted by atomic mass is 15.0. The lowest BCUT2D eigenvalue weighted by atomic mass is 9.88. The first-order valence-electron chi connectivity index (χ1n) is 39.9. The second-order valence-corrected chi connectivity index (χ2v) is 31.3. The van der Waals surface area contributed by atoms with Gasteiger partial charge in [0, 0.05) is 79.8 Å². The predicted octanol–water partition coefficient (Wildman–Crippen LogP) is 29.0. The number of nitrogens with zero attached hydrogens (tertiary/aromatic N) is 7. The van der Waals surface area contributed by atoms with Crippen molar-refractivity contribution in [3.05, 3.63) is 394 Å². The van der Waals surface area contributed by atoms with Crippen LogP contribution in [0, 0.1) is 22.7 Å². The maximum Gasteiger partial charge on any atom is 0.0998 e. The van der Waals surface area contributed by atoms with Crippen LogP contribution in [-0.2, 0) is 0 Å². The van der Waals surface area contributed by atoms with Crippen LogP contribution >= 0.6 is 0 Å². The molecule has 0 bridgehead atoms. The lowest BCUT2D eigenvalue weighted by molar-refractivity contribution is 1.18. The number of nitriles is 2. The maximum atomic E-state index is 10.1. The Hall–Kier alpha value is -16.2. The molecule has 20 aromatic carbocycles. The molecule has 7 heteroatoms. The fourth-order valence-corrected chi connectivity index (χ4v) is 19.3. The zero-order valence-corrected chi connectivity index (χ0v) is 63.5. The van der Waals surface area contributed by atoms with E-state index in [0.717, 1.165) is 94.4 Å². The number of para-hydroxylation sites is 2. The minimum atomic E-state index is 0.668. The van der Waals surface area contributed by atoms with Crippen molar-refractivity contribution in [1.29, 1.82) is 10.5 Å². The Kier molecular flexibility index (Phi) is 14.7. The number of fused-ring (bicyclic) bond motifs is 1. The molecule has 0 saturated carbocycles. The largest absolute Gasteiger partial charge is 0.309 e. The molecule has 0 unspecified atom stereocenters. The van der Waals surface area contributed by atoms with Crippen molar-refractivity contribution in [1.82, 2.24) is 24.1 Å². The molecular formula is C111H63N7. The Morgan fingerprint density at radius 3 is 1.12 bits per heavy atom. The van der Waals surface area contributed by atoms with Crippen LogP contribution in [-0.4, -0.2) is 24.1 Å². The Balaban J connectivity index is 0.000000140. The highest BCUT2D eigenvalue weighted by Gasteiger charge is 2.24. The van der Waals surface area contributed by atoms with E-state index >= 15 is 0 Å². The van der Waals surface area contributed by atoms with Gasteiger partial charge in [0.05, 0.1) is 56.7 Å². The van der Waals surface area contributed by atoms with Crippen LogP contribution in [0.5, 0.6) is 0 Å². The monoisotopic (exact) mass is 1490 g/mol. The first kappa shape index (κ1) is 66.4. The molecule has 0 atom stereocenters. The molecule has 5 heterocycles. The maximum absolute atomic E-state index is 10.1. The minimum absolute atomic E-state index is 0.668. The summed E-state index contributed by atoms with van der Waals surface area (Å²) >= 11 is 0. The van der Waals surface area contributed by atoms with E-state index in [0.29, 0.717) is 11.1 Å². The predicted molar refractivity (Wildman–Crippen MR) is 490 cm³/mol. The molecule has 0 radical (unpaired) electrons. The average molecular weight is 1490 g/mol. The molecule has 542 valence electrons. The van der Waals surface area contributed by atoms with Crippen LogP contribution in [0.2, 0.25) is 0 Å². The molecule has 25 aromatic rings. The van der Waals surface area contributed by atoms with Crippen molar-refractivity contribution in [2.24, 2.45) is 0 Å². The first-order valence-corrected chi connectivity index (χ1v) is 39.9. The van der Waals surface area contributed by atoms with Crippen LogP contribution in [0.15, 0.2) is 383 Å². The Bertz CT molecular complexity index is 8300. The van der Waals surface area contributed by atoms with Crippen LogP contribution in [0.25, 0.3) is 241 Å². The van der Waals surface area contributed by atoms with Gasteiger partial charge in [-0.05, 0) is 335 Å². The molecule has 0 aliphatic heterocycles. The Morgan fingerprint density at radius 2 is 0.610 bits per heavy atom. The number of benzene rings is 20. The molecule has 0 spiro atoms. The van der Waals surface area contributed by atoms with Gasteiger partial charge in [-0.25, -0.2) is 0 Å². The van der Waals surface area contributed by atoms with Crippen LogP contribution in [0.1, 0.15) is 11.1 Å². The van der Waals surface area contributed by atoms with E-state index in [1.807, 2.05) is 85.5 Å². The van der Waals surface area contributed by atoms with Crippen molar-refractivity contribution in [3.8, 4) is 113 Å². The third-order valence-corrected chi connectivity index (χ3v) is 24.6. The van der Waals surface area contributed by atoms with Gasteiger partial charge in [-0.15, -0.1) is 0 Å². The summed E-state index contributed by atoms with van der Waals surface area (Å²) in [4.78, 5) is 13.7. The molecular weight excluding hydrogens is 1430 g/mol. The molecule has 0 N–H and O–H groups in total. The van der Waals surface area contributed by atoms with E-state index in [9.17, 15) is 10.5 Å². The minimum Gasteiger partial charge on any atom is -0.309 e. The summed E-state index contributed by atoms with van der Waals surface area (Å²) in [7, 11) is 0. The van der Waals surface area contributed by atoms with Gasteiger partial charge >= 0.3 is 0 Å². The van der Waals surface area contributed by atoms with Crippen LogP contribution in [0.4, 0.5) is 0 Å². The van der Waals surface area contributed by atoms with Crippen LogP contribution in [0.3, 0.4) is 0 Å². The summed E-state index contributed by atoms with van der Waals surface area (Å²) < 4.78 is 4.65. The van der Waals surface area contributed by atoms with Crippen molar-refractivity contribution in [2.75, 3.05) is 0 Å². The molecule has 25 rings (SSSR count). The third-order valence-electron chi connectivity index (χ3n) is 24.6. The average Bonchev–Trinajstić information content (AvgIpc) is 1.52. The zero-order chi connectivity index (χ0) is 77.8. The van der Waals surface area contributed by atoms with E-state index in [1.54, 1.807) is 0 Å². The summed E-state index contributed by atoms with van der Waals surface area (Å²) in [6.45, 7) is 0. The number of rotatable bonds is 10. The lowest BCUT2D eigenvalue weighted by Gasteiger charge is -2.16. The smallest absolute Gasteiger partial charge is 0.0998 e. The summed E-state index contributed by atoms with van der Waals surface area (Å²) in [5, 5.41) is 46.7. The van der Waals surface area contributed by atoms with E-state index < -0.39 is 0 Å². The quantitative estimate of drug-likeness (QED) is 0.127. The van der Waals surface area contributed by atoms with Gasteiger partial charge in [-0.2, -0.15) is 10.5 Å². The fourth-order valence-electron chi connectivity index (χ4n) is 19.3. The standard InChI is InChI=1S/C63H36N4.C48H27N3/c64-37-46-20-24-58-62-54(46)21-22-55-53(23-25-59(63(55)62)67(58)52-8-2-1-3-9-52)41-15-14-38-28-40(13-12-39(38)29-41)47-30-42-16-18-44-32-48(33-45-19-17-43(31-47)60(42)61(44)45)49-34-50(56-10-4-6-26-65-56)36-51(35-49)57-11-5-7-27-66-57;49-27-29-18-32-11-16-37-25-41(26-44-48(37)47(32)43(19-29)51(44)42-9-2-1-3-10-42)31-7-4-6-30(20-31)39-21-33-12-14-35-23-40(38-8-5-17-50-28-38)24-36-15-13-34(22-39)45(33)46(35)36/h1-36H;1-26,28H. The molecule has 0 saturated heterocycles. The van der Waals surface area contributed by atoms with Gasteiger partial charge in [0.2, 0.25) is 0 Å². The molecule has 0 fully saturated rings. The van der Waals surface area contributed by atoms with E-state index in [4.69, 9.17) is 9.97 Å². The summed E-state index contributed by atoms with van der Waals surface area (Å²) in [6, 6.07) is 134. The SMILES string of the molecule is N#Cc1cc2ccc3cc(-c4cccc(-c5cc6ccc7cc(-c8cccnc8)cc8ccc(c5)c6c78)c4)cc4c3c2c(c1)n4-c1ccccc1.N#Cc1ccc2c3c1ccc1c(-c4ccc5cc(-c6cc7ccc8cc(-c9cc(-c%10ccccn%10)cc(-c%10ccccn%10)c9)cc9ccc(c6)c7c89)ccc5c4)ccc(c13)n2-c1ccccc1. The van der Waals surface area contributed by atoms with Gasteiger partial charge in [0.15, 0.2) is 0 Å². The zero-order valence-electron chi connectivity index (χ0n) is 63.5. The van der Waals surface area contributed by atoms with Crippen molar-refractivity contribution in [2.45, 2.75) is 0 Å². The number of hydrogen-bond donors (Lipinski definition) is 0. The number of pyridine rings is 3. The topological polar surface area (TPSA) is 96.1 Å². The van der Waals surface area contributed by atoms with Crippen molar-refractivity contribution < 1.29 is 0 Å². The second-order valence-electron chi connectivity index (χ2n) is 31.3. The van der Waals surface area contributed by atoms with Gasteiger partial charge in [0.25, 0.3) is 0 Å². The van der Waals surface area contributed by atoms with E-state index in [-0.39, 0.29) is 0 Å². The van der Waals surface area contributed by atoms with Crippen LogP contribution < -0.4 is 0 Å². The van der Waals surface area contributed by atoms with Gasteiger partial charge in [0.1, 0.15) is 0 Å². The summed E-state index contributed by atoms with van der Waals surface area (Å²) in [5.74, 6) is 0. The highest BCUT2D eigenvalue weighted by molar-refractivity contribution is 6.30. The van der Waals surface area contributed by atoms with E-state index in [1.165, 1.54) is 147 Å². The van der Waals surface area contributed by atoms with Crippen molar-refractivity contribution >= 4 is 141 Å². The number of hydrogen-bond acceptors (Lipinski definition) is 5. The fraction of sp³-hybridized carbons (Fsp3) is 0. The lowest BCUT2D eigenvalue weighted by Crippen LogP contribution is -1.94. The number of aromatic nitrogens is 5. The molecule has 0 amide bonds. The van der Waals surface area contributed by atoms with Gasteiger partial charge in [-0.1, -0.05) is 176 Å². The molecule has 0 aliphatic carbocycles. The highest BCUT2D eigenvalue weighted by Crippen LogP contribution is 2.49. The Labute approximate surface area is 677 Å². The molecule has 118 heavy (non-hydrogen) atoms. The molecule has 0 aliphatic rings.